The smallest absolute Gasteiger partial charge is 0.139 e. The first-order valence-corrected chi connectivity index (χ1v) is 4.85. The maximum Gasteiger partial charge on any atom is 0.139 e. The summed E-state index contributed by atoms with van der Waals surface area (Å²) in [5.74, 6) is 0. The molecule has 13 heavy (non-hydrogen) atoms. The van der Waals surface area contributed by atoms with Crippen LogP contribution in [0.1, 0.15) is 16.9 Å². The molecule has 0 saturated carbocycles. The highest BCUT2D eigenvalue weighted by molar-refractivity contribution is 7.11. The van der Waals surface area contributed by atoms with Crippen LogP contribution < -0.4 is 0 Å². The van der Waals surface area contributed by atoms with Gasteiger partial charge in [0.25, 0.3) is 0 Å². The number of hydrogen-bond donors (Lipinski definition) is 0. The molecule has 0 bridgehead atoms. The van der Waals surface area contributed by atoms with Crippen LogP contribution in [0.15, 0.2) is 12.4 Å². The summed E-state index contributed by atoms with van der Waals surface area (Å²) in [6, 6.07) is 0. The summed E-state index contributed by atoms with van der Waals surface area (Å²) in [7, 11) is 0. The average Bonchev–Trinajstić information content (AvgIpc) is 2.76. The fourth-order valence-corrected chi connectivity index (χ4v) is 1.73. The number of aromatic nitrogens is 5. The van der Waals surface area contributed by atoms with E-state index in [0.29, 0.717) is 6.54 Å². The van der Waals surface area contributed by atoms with Crippen LogP contribution in [0.5, 0.6) is 0 Å². The van der Waals surface area contributed by atoms with Crippen molar-refractivity contribution in [3.63, 3.8) is 0 Å². The minimum absolute atomic E-state index is 0.664. The summed E-state index contributed by atoms with van der Waals surface area (Å²) in [6.45, 7) is 2.73. The Morgan fingerprint density at radius 2 is 2.23 bits per heavy atom. The van der Waals surface area contributed by atoms with E-state index in [4.69, 9.17) is 0 Å². The lowest BCUT2D eigenvalue weighted by Gasteiger charge is -1.92. The van der Waals surface area contributed by atoms with Gasteiger partial charge >= 0.3 is 0 Å². The van der Waals surface area contributed by atoms with Crippen molar-refractivity contribution >= 4 is 11.3 Å². The minimum atomic E-state index is 0.664. The zero-order chi connectivity index (χ0) is 9.10. The van der Waals surface area contributed by atoms with Crippen LogP contribution in [-0.2, 0) is 13.0 Å². The molecular formula is C7H9N5S. The molecule has 0 aromatic carbocycles. The van der Waals surface area contributed by atoms with Gasteiger partial charge in [-0.25, -0.2) is 4.68 Å². The third-order valence-corrected chi connectivity index (χ3v) is 2.63. The molecule has 0 fully saturated rings. The second-order valence-electron chi connectivity index (χ2n) is 2.54. The zero-order valence-corrected chi connectivity index (χ0v) is 8.03. The molecule has 0 N–H and O–H groups in total. The Morgan fingerprint density at radius 1 is 1.38 bits per heavy atom. The molecule has 0 atom stereocenters. The number of nitrogens with zero attached hydrogens (tertiary/aromatic N) is 5. The molecule has 0 aliphatic carbocycles. The van der Waals surface area contributed by atoms with Crippen LogP contribution in [0.2, 0.25) is 0 Å². The van der Waals surface area contributed by atoms with Crippen molar-refractivity contribution in [2.75, 3.05) is 0 Å². The third-order valence-electron chi connectivity index (χ3n) is 1.58. The first-order valence-electron chi connectivity index (χ1n) is 4.04. The van der Waals surface area contributed by atoms with Crippen LogP contribution in [0, 0.1) is 0 Å². The lowest BCUT2D eigenvalue weighted by atomic mass is 10.5. The maximum atomic E-state index is 4.04. The molecule has 2 aromatic rings. The molecule has 0 amide bonds. The van der Waals surface area contributed by atoms with Gasteiger partial charge in [0.2, 0.25) is 0 Å². The first kappa shape index (κ1) is 8.31. The average molecular weight is 195 g/mol. The highest BCUT2D eigenvalue weighted by Crippen LogP contribution is 2.10. The molecule has 0 radical (unpaired) electrons. The molecular weight excluding hydrogens is 186 g/mol. The van der Waals surface area contributed by atoms with E-state index in [2.05, 4.69) is 27.4 Å². The van der Waals surface area contributed by atoms with E-state index in [1.807, 2.05) is 6.20 Å². The summed E-state index contributed by atoms with van der Waals surface area (Å²) in [5.41, 5.74) is 0. The van der Waals surface area contributed by atoms with Crippen LogP contribution >= 0.6 is 11.3 Å². The Hall–Kier alpha value is -1.30. The van der Waals surface area contributed by atoms with Gasteiger partial charge in [-0.1, -0.05) is 23.5 Å². The van der Waals surface area contributed by atoms with Gasteiger partial charge in [0.1, 0.15) is 10.0 Å². The Kier molecular flexibility index (Phi) is 2.31. The molecule has 0 aliphatic heterocycles. The second kappa shape index (κ2) is 3.61. The Labute approximate surface area is 79.4 Å². The predicted molar refractivity (Wildman–Crippen MR) is 48.4 cm³/mol. The third kappa shape index (κ3) is 1.89. The van der Waals surface area contributed by atoms with Crippen molar-refractivity contribution < 1.29 is 0 Å². The molecule has 2 aromatic heterocycles. The molecule has 0 unspecified atom stereocenters. The molecule has 0 spiro atoms. The van der Waals surface area contributed by atoms with Gasteiger partial charge in [-0.2, -0.15) is 0 Å². The summed E-state index contributed by atoms with van der Waals surface area (Å²) < 4.78 is 1.74. The van der Waals surface area contributed by atoms with Crippen molar-refractivity contribution in [1.29, 1.82) is 0 Å². The van der Waals surface area contributed by atoms with E-state index in [0.717, 1.165) is 16.4 Å². The summed E-state index contributed by atoms with van der Waals surface area (Å²) in [4.78, 5) is 0. The maximum absolute atomic E-state index is 4.04. The van der Waals surface area contributed by atoms with E-state index in [9.17, 15) is 0 Å². The van der Waals surface area contributed by atoms with Gasteiger partial charge in [0.15, 0.2) is 0 Å². The topological polar surface area (TPSA) is 56.5 Å². The highest BCUT2D eigenvalue weighted by atomic mass is 32.1. The molecule has 68 valence electrons. The van der Waals surface area contributed by atoms with Crippen molar-refractivity contribution in [1.82, 2.24) is 25.2 Å². The number of aryl methyl sites for hydroxylation is 1. The number of hydrogen-bond acceptors (Lipinski definition) is 5. The molecule has 5 nitrogen and oxygen atoms in total. The lowest BCUT2D eigenvalue weighted by Crippen LogP contribution is -1.99. The van der Waals surface area contributed by atoms with E-state index in [-0.39, 0.29) is 0 Å². The first-order chi connectivity index (χ1) is 6.38. The summed E-state index contributed by atoms with van der Waals surface area (Å²) >= 11 is 1.62. The standard InChI is InChI=1S/C7H9N5S/c1-2-6-9-10-7(13-6)5-12-4-3-8-11-12/h3-4H,2,5H2,1H3. The Balaban J connectivity index is 2.10. The van der Waals surface area contributed by atoms with Crippen LogP contribution in [0.25, 0.3) is 0 Å². The van der Waals surface area contributed by atoms with Gasteiger partial charge < -0.3 is 0 Å². The Bertz CT molecular complexity index is 366. The fourth-order valence-electron chi connectivity index (χ4n) is 0.951. The Morgan fingerprint density at radius 3 is 2.85 bits per heavy atom. The fraction of sp³-hybridized carbons (Fsp3) is 0.429. The van der Waals surface area contributed by atoms with Crippen molar-refractivity contribution in [2.45, 2.75) is 19.9 Å². The van der Waals surface area contributed by atoms with Crippen LogP contribution in [0.4, 0.5) is 0 Å². The van der Waals surface area contributed by atoms with Crippen LogP contribution in [0.3, 0.4) is 0 Å². The van der Waals surface area contributed by atoms with Crippen LogP contribution in [-0.4, -0.2) is 25.2 Å². The molecule has 6 heteroatoms. The summed E-state index contributed by atoms with van der Waals surface area (Å²) in [5, 5.41) is 17.7. The minimum Gasteiger partial charge on any atom is -0.246 e. The van der Waals surface area contributed by atoms with Gasteiger partial charge in [-0.3, -0.25) is 0 Å². The van der Waals surface area contributed by atoms with Gasteiger partial charge in [-0.05, 0) is 6.42 Å². The normalized spacial score (nSPS) is 10.5. The lowest BCUT2D eigenvalue weighted by molar-refractivity contribution is 0.642. The van der Waals surface area contributed by atoms with E-state index in [1.165, 1.54) is 0 Å². The second-order valence-corrected chi connectivity index (χ2v) is 3.69. The highest BCUT2D eigenvalue weighted by Gasteiger charge is 2.02. The quantitative estimate of drug-likeness (QED) is 0.724. The van der Waals surface area contributed by atoms with Crippen molar-refractivity contribution in [3.8, 4) is 0 Å². The molecule has 0 saturated heterocycles. The van der Waals surface area contributed by atoms with E-state index >= 15 is 0 Å². The number of rotatable bonds is 3. The van der Waals surface area contributed by atoms with E-state index < -0.39 is 0 Å². The SMILES string of the molecule is CCc1nnc(Cn2ccnn2)s1. The molecule has 0 aliphatic rings. The zero-order valence-electron chi connectivity index (χ0n) is 7.21. The largest absolute Gasteiger partial charge is 0.246 e. The predicted octanol–water partition coefficient (Wildman–Crippen LogP) is 0.740. The molecule has 2 heterocycles. The molecule has 2 rings (SSSR count). The van der Waals surface area contributed by atoms with Crippen molar-refractivity contribution in [3.05, 3.63) is 22.4 Å². The van der Waals surface area contributed by atoms with E-state index in [1.54, 1.807) is 22.2 Å². The van der Waals surface area contributed by atoms with Crippen molar-refractivity contribution in [2.24, 2.45) is 0 Å². The summed E-state index contributed by atoms with van der Waals surface area (Å²) in [6.07, 6.45) is 4.41. The monoisotopic (exact) mass is 195 g/mol. The van der Waals surface area contributed by atoms with Gasteiger partial charge in [-0.15, -0.1) is 15.3 Å². The van der Waals surface area contributed by atoms with Gasteiger partial charge in [0.05, 0.1) is 12.7 Å². The van der Waals surface area contributed by atoms with Gasteiger partial charge in [0, 0.05) is 6.20 Å².